The molecule has 3 heterocycles. The van der Waals surface area contributed by atoms with Crippen molar-refractivity contribution in [1.29, 1.82) is 0 Å². The summed E-state index contributed by atoms with van der Waals surface area (Å²) < 4.78 is 33.7. The van der Waals surface area contributed by atoms with Gasteiger partial charge in [-0.3, -0.25) is 4.79 Å². The molecule has 1 aromatic heterocycles. The van der Waals surface area contributed by atoms with Crippen molar-refractivity contribution in [1.82, 2.24) is 9.97 Å². The minimum Gasteiger partial charge on any atom is -0.484 e. The van der Waals surface area contributed by atoms with E-state index in [-0.39, 0.29) is 31.0 Å². The molecule has 1 aromatic carbocycles. The molecule has 2 aromatic rings. The summed E-state index contributed by atoms with van der Waals surface area (Å²) >= 11 is 0. The van der Waals surface area contributed by atoms with E-state index < -0.39 is 24.0 Å². The SMILES string of the molecule is C[C@@]1(CO)Cc2cc(NC(=O)C(=CN)c3ncccn3)c(N3CCC(F)(F)C3)cc2O1. The number of halogens is 2. The van der Waals surface area contributed by atoms with Gasteiger partial charge in [0.05, 0.1) is 30.1 Å². The van der Waals surface area contributed by atoms with Gasteiger partial charge >= 0.3 is 0 Å². The Bertz CT molecular complexity index is 1030. The number of aliphatic hydroxyl groups is 1. The summed E-state index contributed by atoms with van der Waals surface area (Å²) in [5, 5.41) is 12.4. The molecule has 8 nitrogen and oxygen atoms in total. The Morgan fingerprint density at radius 1 is 1.39 bits per heavy atom. The Labute approximate surface area is 177 Å². The molecular weight excluding hydrogens is 408 g/mol. The molecule has 1 fully saturated rings. The van der Waals surface area contributed by atoms with Crippen LogP contribution >= 0.6 is 0 Å². The van der Waals surface area contributed by atoms with E-state index in [9.17, 15) is 18.7 Å². The van der Waals surface area contributed by atoms with Crippen LogP contribution in [0.5, 0.6) is 5.75 Å². The number of aliphatic hydroxyl groups excluding tert-OH is 1. The van der Waals surface area contributed by atoms with Crippen LogP contribution in [0.2, 0.25) is 0 Å². The number of hydrogen-bond donors (Lipinski definition) is 3. The van der Waals surface area contributed by atoms with Crippen molar-refractivity contribution in [3.05, 3.63) is 48.2 Å². The Morgan fingerprint density at radius 2 is 2.13 bits per heavy atom. The first-order valence-corrected chi connectivity index (χ1v) is 9.84. The molecule has 1 amide bonds. The van der Waals surface area contributed by atoms with Gasteiger partial charge in [0.25, 0.3) is 11.8 Å². The fourth-order valence-corrected chi connectivity index (χ4v) is 3.82. The van der Waals surface area contributed by atoms with E-state index in [0.717, 1.165) is 11.8 Å². The largest absolute Gasteiger partial charge is 0.484 e. The number of aromatic nitrogens is 2. The monoisotopic (exact) mass is 431 g/mol. The van der Waals surface area contributed by atoms with E-state index in [1.165, 1.54) is 17.3 Å². The molecule has 1 saturated heterocycles. The van der Waals surface area contributed by atoms with Crippen LogP contribution in [-0.2, 0) is 11.2 Å². The number of hydrogen-bond acceptors (Lipinski definition) is 7. The first-order chi connectivity index (χ1) is 14.7. The Hall–Kier alpha value is -3.27. The number of fused-ring (bicyclic) bond motifs is 1. The Kier molecular flexibility index (Phi) is 5.26. The Balaban J connectivity index is 1.69. The lowest BCUT2D eigenvalue weighted by Gasteiger charge is -2.23. The number of nitrogens with zero attached hydrogens (tertiary/aromatic N) is 3. The fraction of sp³-hybridized carbons (Fsp3) is 0.381. The summed E-state index contributed by atoms with van der Waals surface area (Å²) in [4.78, 5) is 22.5. The van der Waals surface area contributed by atoms with Crippen molar-refractivity contribution in [2.24, 2.45) is 5.73 Å². The van der Waals surface area contributed by atoms with Crippen molar-refractivity contribution in [3.8, 4) is 5.75 Å². The predicted octanol–water partition coefficient (Wildman–Crippen LogP) is 1.95. The summed E-state index contributed by atoms with van der Waals surface area (Å²) in [6, 6.07) is 4.94. The van der Waals surface area contributed by atoms with Crippen molar-refractivity contribution in [2.75, 3.05) is 29.9 Å². The number of nitrogens with two attached hydrogens (primary N) is 1. The highest BCUT2D eigenvalue weighted by Gasteiger charge is 2.41. The van der Waals surface area contributed by atoms with Gasteiger partial charge < -0.3 is 25.8 Å². The molecular formula is C21H23F2N5O3. The summed E-state index contributed by atoms with van der Waals surface area (Å²) in [6.07, 6.45) is 4.21. The van der Waals surface area contributed by atoms with Gasteiger partial charge in [0.1, 0.15) is 11.4 Å². The summed E-state index contributed by atoms with van der Waals surface area (Å²) in [5.41, 5.74) is 6.40. The number of amides is 1. The minimum atomic E-state index is -2.82. The lowest BCUT2D eigenvalue weighted by Crippen LogP contribution is -2.34. The quantitative estimate of drug-likeness (QED) is 0.620. The third-order valence-electron chi connectivity index (χ3n) is 5.41. The van der Waals surface area contributed by atoms with E-state index >= 15 is 0 Å². The summed E-state index contributed by atoms with van der Waals surface area (Å²) in [6.45, 7) is 1.23. The van der Waals surface area contributed by atoms with Crippen molar-refractivity contribution in [3.63, 3.8) is 0 Å². The normalized spacial score (nSPS) is 22.2. The number of carbonyl (C=O) groups is 1. The molecule has 1 atom stereocenters. The van der Waals surface area contributed by atoms with Gasteiger partial charge in [-0.15, -0.1) is 0 Å². The zero-order valence-corrected chi connectivity index (χ0v) is 16.9. The second kappa shape index (κ2) is 7.77. The second-order valence-corrected chi connectivity index (χ2v) is 8.00. The number of ether oxygens (including phenoxy) is 1. The molecule has 0 spiro atoms. The molecule has 2 aliphatic heterocycles. The van der Waals surface area contributed by atoms with E-state index in [2.05, 4.69) is 15.3 Å². The molecule has 4 N–H and O–H groups in total. The van der Waals surface area contributed by atoms with Gasteiger partial charge in [-0.1, -0.05) is 0 Å². The second-order valence-electron chi connectivity index (χ2n) is 8.00. The lowest BCUT2D eigenvalue weighted by atomic mass is 9.99. The highest BCUT2D eigenvalue weighted by molar-refractivity contribution is 6.24. The standard InChI is InChI=1S/C21H23F2N5O3/c1-20(12-29)9-13-7-15(27-19(30)14(10-24)18-25-4-2-5-26-18)16(8-17(13)31-20)28-6-3-21(22,23)11-28/h2,4-5,7-8,10,29H,3,6,9,11-12,24H2,1H3,(H,27,30)/t20-/m0/s1. The van der Waals surface area contributed by atoms with Gasteiger partial charge in [-0.25, -0.2) is 18.7 Å². The molecule has 31 heavy (non-hydrogen) atoms. The maximum Gasteiger partial charge on any atom is 0.266 e. The molecule has 4 rings (SSSR count). The first-order valence-electron chi connectivity index (χ1n) is 9.84. The maximum absolute atomic E-state index is 13.9. The number of benzene rings is 1. The minimum absolute atomic E-state index is 0.0512. The molecule has 0 bridgehead atoms. The summed E-state index contributed by atoms with van der Waals surface area (Å²) in [7, 11) is 0. The fourth-order valence-electron chi connectivity index (χ4n) is 3.82. The molecule has 164 valence electrons. The van der Waals surface area contributed by atoms with E-state index in [0.29, 0.717) is 23.5 Å². The molecule has 0 saturated carbocycles. The van der Waals surface area contributed by atoms with Gasteiger partial charge in [-0.05, 0) is 19.1 Å². The number of carbonyl (C=O) groups excluding carboxylic acids is 1. The molecule has 0 radical (unpaired) electrons. The van der Waals surface area contributed by atoms with Crippen LogP contribution in [-0.4, -0.2) is 52.2 Å². The highest BCUT2D eigenvalue weighted by atomic mass is 19.3. The van der Waals surface area contributed by atoms with Crippen LogP contribution in [0.4, 0.5) is 20.2 Å². The number of alkyl halides is 2. The van der Waals surface area contributed by atoms with Gasteiger partial charge in [0.15, 0.2) is 5.82 Å². The van der Waals surface area contributed by atoms with Gasteiger partial charge in [0, 0.05) is 49.6 Å². The molecule has 0 unspecified atom stereocenters. The van der Waals surface area contributed by atoms with Gasteiger partial charge in [-0.2, -0.15) is 0 Å². The van der Waals surface area contributed by atoms with Crippen molar-refractivity contribution in [2.45, 2.75) is 31.3 Å². The van der Waals surface area contributed by atoms with Crippen LogP contribution in [0.1, 0.15) is 24.7 Å². The van der Waals surface area contributed by atoms with Crippen LogP contribution in [0.3, 0.4) is 0 Å². The molecule has 0 aliphatic carbocycles. The zero-order valence-electron chi connectivity index (χ0n) is 16.9. The maximum atomic E-state index is 13.9. The third-order valence-corrected chi connectivity index (χ3v) is 5.41. The van der Waals surface area contributed by atoms with Crippen LogP contribution < -0.4 is 20.7 Å². The number of rotatable bonds is 5. The van der Waals surface area contributed by atoms with Gasteiger partial charge in [0.2, 0.25) is 0 Å². The van der Waals surface area contributed by atoms with Crippen LogP contribution in [0.15, 0.2) is 36.8 Å². The number of nitrogens with one attached hydrogen (secondary N) is 1. The van der Waals surface area contributed by atoms with Crippen molar-refractivity contribution < 1.29 is 23.4 Å². The van der Waals surface area contributed by atoms with E-state index in [4.69, 9.17) is 10.5 Å². The van der Waals surface area contributed by atoms with Crippen molar-refractivity contribution >= 4 is 22.9 Å². The Morgan fingerprint density at radius 3 is 2.74 bits per heavy atom. The number of anilines is 2. The first kappa shape index (κ1) is 21.0. The topological polar surface area (TPSA) is 114 Å². The summed E-state index contributed by atoms with van der Waals surface area (Å²) in [5.74, 6) is -2.74. The molecule has 10 heteroatoms. The lowest BCUT2D eigenvalue weighted by molar-refractivity contribution is -0.111. The van der Waals surface area contributed by atoms with Crippen LogP contribution in [0.25, 0.3) is 5.57 Å². The average molecular weight is 431 g/mol. The van der Waals surface area contributed by atoms with E-state index in [1.807, 2.05) is 0 Å². The smallest absolute Gasteiger partial charge is 0.266 e. The highest BCUT2D eigenvalue weighted by Crippen LogP contribution is 2.43. The third kappa shape index (κ3) is 4.15. The average Bonchev–Trinajstić information content (AvgIpc) is 3.27. The predicted molar refractivity (Wildman–Crippen MR) is 111 cm³/mol. The zero-order chi connectivity index (χ0) is 22.2. The van der Waals surface area contributed by atoms with Crippen LogP contribution in [0, 0.1) is 0 Å². The molecule has 2 aliphatic rings. The van der Waals surface area contributed by atoms with E-state index in [1.54, 1.807) is 25.1 Å².